The zero-order valence-corrected chi connectivity index (χ0v) is 28.5. The molecular formula is C35H47ClN4O5S. The molecule has 2 N–H and O–H groups in total. The van der Waals surface area contributed by atoms with Crippen molar-refractivity contribution in [1.82, 2.24) is 10.0 Å². The first-order valence-electron chi connectivity index (χ1n) is 16.9. The molecule has 46 heavy (non-hydrogen) atoms. The molecular weight excluding hydrogens is 624 g/mol. The van der Waals surface area contributed by atoms with Crippen LogP contribution in [0.15, 0.2) is 40.8 Å². The molecule has 6 rings (SSSR count). The lowest BCUT2D eigenvalue weighted by Crippen LogP contribution is -2.44. The van der Waals surface area contributed by atoms with Crippen LogP contribution in [-0.4, -0.2) is 61.4 Å². The summed E-state index contributed by atoms with van der Waals surface area (Å²) in [6, 6.07) is 11.1. The molecule has 1 saturated carbocycles. The van der Waals surface area contributed by atoms with E-state index in [9.17, 15) is 13.8 Å². The number of amides is 3. The van der Waals surface area contributed by atoms with Gasteiger partial charge in [0.05, 0.1) is 24.2 Å². The van der Waals surface area contributed by atoms with Crippen LogP contribution in [0.3, 0.4) is 0 Å². The maximum absolute atomic E-state index is 13.9. The first kappa shape index (κ1) is 33.1. The van der Waals surface area contributed by atoms with Gasteiger partial charge in [-0.2, -0.15) is 0 Å². The van der Waals surface area contributed by atoms with Crippen LogP contribution in [0.1, 0.15) is 85.7 Å². The molecule has 1 fully saturated rings. The number of nitrogens with zero attached hydrogens (tertiary/aromatic N) is 2. The molecule has 2 heterocycles. The largest absolute Gasteiger partial charge is 0.491 e. The molecule has 250 valence electrons. The quantitative estimate of drug-likeness (QED) is 0.375. The van der Waals surface area contributed by atoms with Crippen molar-refractivity contribution < 1.29 is 23.3 Å². The first-order chi connectivity index (χ1) is 22.3. The number of urea groups is 1. The lowest BCUT2D eigenvalue weighted by Gasteiger charge is -2.44. The second-order valence-electron chi connectivity index (χ2n) is 13.3. The number of halogens is 1. The molecule has 2 aromatic rings. The van der Waals surface area contributed by atoms with Crippen LogP contribution in [0.2, 0.25) is 5.02 Å². The van der Waals surface area contributed by atoms with E-state index in [1.807, 2.05) is 25.3 Å². The van der Waals surface area contributed by atoms with E-state index in [0.717, 1.165) is 80.9 Å². The van der Waals surface area contributed by atoms with Gasteiger partial charge in [0.25, 0.3) is 5.91 Å². The first-order valence-corrected chi connectivity index (χ1v) is 19.0. The summed E-state index contributed by atoms with van der Waals surface area (Å²) in [5.41, 5.74) is 3.83. The Kier molecular flexibility index (Phi) is 10.4. The van der Waals surface area contributed by atoms with Crippen molar-refractivity contribution in [2.75, 3.05) is 44.0 Å². The fourth-order valence-corrected chi connectivity index (χ4v) is 9.68. The summed E-state index contributed by atoms with van der Waals surface area (Å²) in [7, 11) is -1.52. The van der Waals surface area contributed by atoms with Gasteiger partial charge in [0.2, 0.25) is 0 Å². The third-order valence-electron chi connectivity index (χ3n) is 10.5. The maximum Gasteiger partial charge on any atom is 0.327 e. The number of nitrogens with one attached hydrogen (secondary N) is 2. The van der Waals surface area contributed by atoms with Crippen molar-refractivity contribution in [3.63, 3.8) is 0 Å². The van der Waals surface area contributed by atoms with E-state index in [4.69, 9.17) is 21.1 Å². The van der Waals surface area contributed by atoms with Crippen molar-refractivity contribution in [1.29, 1.82) is 0 Å². The molecule has 2 aromatic carbocycles. The number of methoxy groups -OCH3 is 1. The molecule has 0 aromatic heterocycles. The summed E-state index contributed by atoms with van der Waals surface area (Å²) in [4.78, 5) is 28.5. The summed E-state index contributed by atoms with van der Waals surface area (Å²) in [5.74, 6) is 1.92. The van der Waals surface area contributed by atoms with E-state index < -0.39 is 21.9 Å². The molecule has 4 aliphatic rings. The number of benzene rings is 2. The number of hydrogen-bond donors (Lipinski definition) is 2. The van der Waals surface area contributed by atoms with Gasteiger partial charge in [-0.1, -0.05) is 30.5 Å². The average molecular weight is 671 g/mol. The Morgan fingerprint density at radius 1 is 1.09 bits per heavy atom. The second-order valence-corrected chi connectivity index (χ2v) is 15.8. The SMILES string of the molecule is CCNC(=O)NS1(=O)=NC(=O)c2ccc3c(c2)N(CCC2CCc4cc(Cl)ccc4C2CO3)C[C@@H]2CC[C@H]2[C@@H](OC)CCCCC1. The predicted octanol–water partition coefficient (Wildman–Crippen LogP) is 6.73. The second kappa shape index (κ2) is 14.5. The number of rotatable bonds is 3. The molecule has 3 unspecified atom stereocenters. The number of carbonyl (C=O) groups excluding carboxylic acids is 2. The topological polar surface area (TPSA) is 109 Å². The summed E-state index contributed by atoms with van der Waals surface area (Å²) in [5, 5.41) is 3.39. The van der Waals surface area contributed by atoms with E-state index in [1.165, 1.54) is 11.1 Å². The molecule has 0 spiro atoms. The predicted molar refractivity (Wildman–Crippen MR) is 182 cm³/mol. The number of aryl methyl sites for hydroxylation is 1. The highest BCUT2D eigenvalue weighted by Gasteiger charge is 2.39. The van der Waals surface area contributed by atoms with E-state index >= 15 is 0 Å². The van der Waals surface area contributed by atoms with Crippen LogP contribution < -0.4 is 19.7 Å². The zero-order valence-electron chi connectivity index (χ0n) is 27.0. The van der Waals surface area contributed by atoms with Gasteiger partial charge >= 0.3 is 6.03 Å². The normalized spacial score (nSPS) is 29.9. The van der Waals surface area contributed by atoms with Crippen molar-refractivity contribution in [3.05, 3.63) is 58.1 Å². The van der Waals surface area contributed by atoms with Crippen LogP contribution in [0, 0.1) is 17.8 Å². The lowest BCUT2D eigenvalue weighted by atomic mass is 9.69. The highest BCUT2D eigenvalue weighted by atomic mass is 35.5. The Balaban J connectivity index is 1.38. The Morgan fingerprint density at radius 2 is 1.96 bits per heavy atom. The summed E-state index contributed by atoms with van der Waals surface area (Å²) in [6.07, 6.45) is 8.80. The molecule has 9 nitrogen and oxygen atoms in total. The molecule has 3 amide bonds. The number of anilines is 1. The van der Waals surface area contributed by atoms with Gasteiger partial charge in [0.1, 0.15) is 15.7 Å². The fraction of sp³-hybridized carbons (Fsp3) is 0.600. The summed E-state index contributed by atoms with van der Waals surface area (Å²) >= 11 is 6.36. The van der Waals surface area contributed by atoms with Crippen LogP contribution >= 0.6 is 11.6 Å². The number of carbonyl (C=O) groups is 2. The van der Waals surface area contributed by atoms with Crippen molar-refractivity contribution in [2.24, 2.45) is 22.1 Å². The molecule has 0 saturated heterocycles. The molecule has 2 aliphatic carbocycles. The Hall–Kier alpha value is -2.82. The van der Waals surface area contributed by atoms with E-state index in [2.05, 4.69) is 31.4 Å². The summed E-state index contributed by atoms with van der Waals surface area (Å²) in [6.45, 7) is 4.39. The minimum absolute atomic E-state index is 0.106. The van der Waals surface area contributed by atoms with Gasteiger partial charge in [-0.25, -0.2) is 9.00 Å². The number of fused-ring (bicyclic) bond motifs is 5. The van der Waals surface area contributed by atoms with Crippen LogP contribution in [0.25, 0.3) is 0 Å². The third-order valence-corrected chi connectivity index (χ3v) is 12.6. The third kappa shape index (κ3) is 7.34. The van der Waals surface area contributed by atoms with Crippen LogP contribution in [-0.2, 0) is 21.1 Å². The van der Waals surface area contributed by atoms with Gasteiger partial charge in [0, 0.05) is 43.2 Å². The van der Waals surface area contributed by atoms with Crippen molar-refractivity contribution in [3.8, 4) is 5.75 Å². The molecule has 2 bridgehead atoms. The monoisotopic (exact) mass is 670 g/mol. The van der Waals surface area contributed by atoms with E-state index in [1.54, 1.807) is 13.0 Å². The smallest absolute Gasteiger partial charge is 0.327 e. The minimum atomic E-state index is -3.34. The van der Waals surface area contributed by atoms with Crippen molar-refractivity contribution >= 4 is 39.1 Å². The number of ether oxygens (including phenoxy) is 2. The molecule has 0 radical (unpaired) electrons. The van der Waals surface area contributed by atoms with E-state index in [-0.39, 0.29) is 17.8 Å². The number of hydrogen-bond acceptors (Lipinski definition) is 6. The van der Waals surface area contributed by atoms with Crippen LogP contribution in [0.5, 0.6) is 5.75 Å². The Bertz CT molecular complexity index is 1560. The van der Waals surface area contributed by atoms with Gasteiger partial charge in [-0.3, -0.25) is 9.52 Å². The lowest BCUT2D eigenvalue weighted by molar-refractivity contribution is -0.0218. The molecule has 11 heteroatoms. The van der Waals surface area contributed by atoms with E-state index in [0.29, 0.717) is 42.9 Å². The summed E-state index contributed by atoms with van der Waals surface area (Å²) < 4.78 is 33.3. The Morgan fingerprint density at radius 3 is 2.74 bits per heavy atom. The average Bonchev–Trinajstić information content (AvgIpc) is 3.09. The molecule has 2 aliphatic heterocycles. The van der Waals surface area contributed by atoms with Crippen molar-refractivity contribution in [2.45, 2.75) is 76.7 Å². The van der Waals surface area contributed by atoms with Gasteiger partial charge in [-0.15, -0.1) is 4.36 Å². The van der Waals surface area contributed by atoms with Gasteiger partial charge in [0.15, 0.2) is 0 Å². The highest BCUT2D eigenvalue weighted by molar-refractivity contribution is 7.92. The minimum Gasteiger partial charge on any atom is -0.491 e. The molecule has 6 atom stereocenters. The zero-order chi connectivity index (χ0) is 32.3. The van der Waals surface area contributed by atoms with Crippen LogP contribution in [0.4, 0.5) is 10.5 Å². The Labute approximate surface area is 278 Å². The highest BCUT2D eigenvalue weighted by Crippen LogP contribution is 2.45. The maximum atomic E-state index is 13.9. The fourth-order valence-electron chi connectivity index (χ4n) is 7.92. The van der Waals surface area contributed by atoms with Gasteiger partial charge in [-0.05, 0) is 111 Å². The standard InChI is InChI=1S/C35H47ClN4O5S/c1-3-37-35(42)39-46(43)18-6-4-5-7-32(44-2)29-13-10-26(29)21-40-17-16-23-8-9-24-19-27(36)12-14-28(24)30(23)22-45-33-15-11-25(20-31(33)40)34(41)38-46/h11-12,14-15,19-20,23,26,29-30,32H,3-10,13,16-18,21-22H2,1-2H3,(H2,37,38,39,41,42,43)/t23?,26-,29+,30?,32-,46?/m0/s1. The van der Waals surface area contributed by atoms with Gasteiger partial charge < -0.3 is 19.7 Å².